The van der Waals surface area contributed by atoms with Crippen molar-refractivity contribution < 1.29 is 9.18 Å². The van der Waals surface area contributed by atoms with E-state index in [1.54, 1.807) is 49.6 Å². The molecule has 0 saturated carbocycles. The minimum absolute atomic E-state index is 0.326. The number of nitrogens with one attached hydrogen (secondary N) is 1. The summed E-state index contributed by atoms with van der Waals surface area (Å²) in [6.45, 7) is 1.93. The molecule has 3 aromatic rings. The molecular weight excluding hydrogens is 335 g/mol. The van der Waals surface area contributed by atoms with Crippen LogP contribution in [0.5, 0.6) is 0 Å². The maximum absolute atomic E-state index is 13.1. The van der Waals surface area contributed by atoms with Crippen molar-refractivity contribution in [3.8, 4) is 11.3 Å². The number of carbonyl (C=O) groups is 1. The van der Waals surface area contributed by atoms with E-state index in [1.807, 2.05) is 0 Å². The monoisotopic (exact) mass is 352 g/mol. The number of hydrogen-bond donors (Lipinski definition) is 1. The molecule has 1 N–H and O–H groups in total. The van der Waals surface area contributed by atoms with Gasteiger partial charge in [-0.25, -0.2) is 9.07 Å². The van der Waals surface area contributed by atoms with Crippen LogP contribution in [0.1, 0.15) is 18.5 Å². The molecule has 6 nitrogen and oxygen atoms in total. The molecule has 132 valence electrons. The number of nitrogens with zero attached hydrogens (tertiary/aromatic N) is 3. The summed E-state index contributed by atoms with van der Waals surface area (Å²) < 4.78 is 14.2. The van der Waals surface area contributed by atoms with Crippen LogP contribution in [0.3, 0.4) is 0 Å². The highest BCUT2D eigenvalue weighted by molar-refractivity contribution is 5.79. The summed E-state index contributed by atoms with van der Waals surface area (Å²) in [6.07, 6.45) is 3.28. The van der Waals surface area contributed by atoms with Crippen molar-refractivity contribution in [2.45, 2.75) is 19.5 Å². The lowest BCUT2D eigenvalue weighted by molar-refractivity contribution is -0.124. The predicted octanol–water partition coefficient (Wildman–Crippen LogP) is 2.32. The van der Waals surface area contributed by atoms with Gasteiger partial charge in [0.25, 0.3) is 5.56 Å². The standard InChI is InChI=1S/C19H17FN4O2/c1-13(19(26)22-12-14-8-10-21-11-9-14)24-18(25)7-6-17(23-24)15-2-4-16(20)5-3-15/h2-11,13H,12H2,1H3,(H,22,26)/t13-/m1/s1. The van der Waals surface area contributed by atoms with Gasteiger partial charge in [0.1, 0.15) is 11.9 Å². The van der Waals surface area contributed by atoms with E-state index < -0.39 is 6.04 Å². The Hall–Kier alpha value is -3.35. The van der Waals surface area contributed by atoms with E-state index in [4.69, 9.17) is 0 Å². The van der Waals surface area contributed by atoms with Crippen LogP contribution < -0.4 is 10.9 Å². The average molecular weight is 352 g/mol. The first-order chi connectivity index (χ1) is 12.5. The summed E-state index contributed by atoms with van der Waals surface area (Å²) in [4.78, 5) is 28.4. The Kier molecular flexibility index (Phi) is 5.17. The van der Waals surface area contributed by atoms with Crippen molar-refractivity contribution in [3.05, 3.63) is 82.7 Å². The second kappa shape index (κ2) is 7.69. The molecule has 0 unspecified atom stereocenters. The van der Waals surface area contributed by atoms with Crippen molar-refractivity contribution in [2.24, 2.45) is 0 Å². The Morgan fingerprint density at radius 2 is 1.81 bits per heavy atom. The quantitative estimate of drug-likeness (QED) is 0.764. The van der Waals surface area contributed by atoms with Gasteiger partial charge in [-0.1, -0.05) is 0 Å². The summed E-state index contributed by atoms with van der Waals surface area (Å²) in [6, 6.07) is 11.5. The van der Waals surface area contributed by atoms with Gasteiger partial charge in [0.2, 0.25) is 5.91 Å². The fourth-order valence-corrected chi connectivity index (χ4v) is 2.43. The van der Waals surface area contributed by atoms with Gasteiger partial charge in [0, 0.05) is 30.6 Å². The fraction of sp³-hybridized carbons (Fsp3) is 0.158. The van der Waals surface area contributed by atoms with Gasteiger partial charge in [-0.05, 0) is 55.0 Å². The van der Waals surface area contributed by atoms with Gasteiger partial charge in [-0.3, -0.25) is 14.6 Å². The van der Waals surface area contributed by atoms with Crippen molar-refractivity contribution in [3.63, 3.8) is 0 Å². The molecule has 0 saturated heterocycles. The zero-order valence-electron chi connectivity index (χ0n) is 14.1. The molecule has 1 atom stereocenters. The molecule has 1 amide bonds. The summed E-state index contributed by atoms with van der Waals surface area (Å²) in [7, 11) is 0. The average Bonchev–Trinajstić information content (AvgIpc) is 2.67. The number of amides is 1. The minimum Gasteiger partial charge on any atom is -0.350 e. The maximum atomic E-state index is 13.1. The van der Waals surface area contributed by atoms with Crippen LogP contribution >= 0.6 is 0 Å². The Bertz CT molecular complexity index is 955. The Balaban J connectivity index is 1.78. The molecule has 0 fully saturated rings. The van der Waals surface area contributed by atoms with Gasteiger partial charge < -0.3 is 5.32 Å². The number of carbonyl (C=O) groups excluding carboxylic acids is 1. The summed E-state index contributed by atoms with van der Waals surface area (Å²) in [5.41, 5.74) is 1.66. The highest BCUT2D eigenvalue weighted by Crippen LogP contribution is 2.16. The SMILES string of the molecule is C[C@H](C(=O)NCc1ccncc1)n1nc(-c2ccc(F)cc2)ccc1=O. The molecule has 2 heterocycles. The second-order valence-electron chi connectivity index (χ2n) is 5.76. The lowest BCUT2D eigenvalue weighted by Crippen LogP contribution is -2.36. The number of hydrogen-bond acceptors (Lipinski definition) is 4. The second-order valence-corrected chi connectivity index (χ2v) is 5.76. The van der Waals surface area contributed by atoms with E-state index in [2.05, 4.69) is 15.4 Å². The van der Waals surface area contributed by atoms with Crippen LogP contribution in [-0.4, -0.2) is 20.7 Å². The number of pyridine rings is 1. The van der Waals surface area contributed by atoms with E-state index in [0.29, 0.717) is 17.8 Å². The van der Waals surface area contributed by atoms with Gasteiger partial charge in [0.05, 0.1) is 5.69 Å². The van der Waals surface area contributed by atoms with E-state index in [-0.39, 0.29) is 17.3 Å². The van der Waals surface area contributed by atoms with Crippen LogP contribution in [0.4, 0.5) is 4.39 Å². The summed E-state index contributed by atoms with van der Waals surface area (Å²) >= 11 is 0. The molecule has 1 aromatic carbocycles. The van der Waals surface area contributed by atoms with Gasteiger partial charge >= 0.3 is 0 Å². The zero-order chi connectivity index (χ0) is 18.5. The largest absolute Gasteiger partial charge is 0.350 e. The van der Waals surface area contributed by atoms with E-state index in [0.717, 1.165) is 10.2 Å². The zero-order valence-corrected chi connectivity index (χ0v) is 14.1. The topological polar surface area (TPSA) is 76.9 Å². The number of halogens is 1. The van der Waals surface area contributed by atoms with Crippen molar-refractivity contribution >= 4 is 5.91 Å². The van der Waals surface area contributed by atoms with Crippen LogP contribution in [0.25, 0.3) is 11.3 Å². The first-order valence-corrected chi connectivity index (χ1v) is 8.07. The fourth-order valence-electron chi connectivity index (χ4n) is 2.43. The molecule has 2 aromatic heterocycles. The molecule has 0 radical (unpaired) electrons. The van der Waals surface area contributed by atoms with Crippen LogP contribution in [0, 0.1) is 5.82 Å². The van der Waals surface area contributed by atoms with Crippen molar-refractivity contribution in [2.75, 3.05) is 0 Å². The first kappa shape index (κ1) is 17.5. The number of rotatable bonds is 5. The first-order valence-electron chi connectivity index (χ1n) is 8.07. The van der Waals surface area contributed by atoms with E-state index >= 15 is 0 Å². The highest BCUT2D eigenvalue weighted by Gasteiger charge is 2.17. The third kappa shape index (κ3) is 4.00. The Morgan fingerprint density at radius 1 is 1.12 bits per heavy atom. The summed E-state index contributed by atoms with van der Waals surface area (Å²) in [5, 5.41) is 7.03. The Labute approximate surface area is 149 Å². The van der Waals surface area contributed by atoms with Crippen molar-refractivity contribution in [1.82, 2.24) is 20.1 Å². The molecule has 0 spiro atoms. The molecule has 0 aliphatic heterocycles. The molecule has 0 aliphatic carbocycles. The number of benzene rings is 1. The van der Waals surface area contributed by atoms with Crippen LogP contribution in [-0.2, 0) is 11.3 Å². The maximum Gasteiger partial charge on any atom is 0.267 e. The predicted molar refractivity (Wildman–Crippen MR) is 94.7 cm³/mol. The van der Waals surface area contributed by atoms with Gasteiger partial charge in [0.15, 0.2) is 0 Å². The van der Waals surface area contributed by atoms with Crippen molar-refractivity contribution in [1.29, 1.82) is 0 Å². The van der Waals surface area contributed by atoms with Crippen LogP contribution in [0.2, 0.25) is 0 Å². The summed E-state index contributed by atoms with van der Waals surface area (Å²) in [5.74, 6) is -0.682. The number of aromatic nitrogens is 3. The van der Waals surface area contributed by atoms with Gasteiger partial charge in [-0.2, -0.15) is 5.10 Å². The highest BCUT2D eigenvalue weighted by atomic mass is 19.1. The van der Waals surface area contributed by atoms with E-state index in [1.165, 1.54) is 18.2 Å². The molecular formula is C19H17FN4O2. The third-order valence-corrected chi connectivity index (χ3v) is 3.93. The molecule has 0 bridgehead atoms. The third-order valence-electron chi connectivity index (χ3n) is 3.93. The smallest absolute Gasteiger partial charge is 0.267 e. The van der Waals surface area contributed by atoms with Crippen LogP contribution in [0.15, 0.2) is 65.7 Å². The molecule has 26 heavy (non-hydrogen) atoms. The minimum atomic E-state index is -0.787. The molecule has 7 heteroatoms. The molecule has 3 rings (SSSR count). The normalized spacial score (nSPS) is 11.8. The lowest BCUT2D eigenvalue weighted by Gasteiger charge is -2.15. The van der Waals surface area contributed by atoms with Gasteiger partial charge in [-0.15, -0.1) is 0 Å². The Morgan fingerprint density at radius 3 is 2.50 bits per heavy atom. The molecule has 0 aliphatic rings. The van der Waals surface area contributed by atoms with E-state index in [9.17, 15) is 14.0 Å². The lowest BCUT2D eigenvalue weighted by atomic mass is 10.1.